The summed E-state index contributed by atoms with van der Waals surface area (Å²) in [7, 11) is 1.49. The van der Waals surface area contributed by atoms with Gasteiger partial charge in [-0.2, -0.15) is 0 Å². The van der Waals surface area contributed by atoms with Gasteiger partial charge in [-0.25, -0.2) is 9.69 Å². The van der Waals surface area contributed by atoms with Gasteiger partial charge in [0, 0.05) is 17.8 Å². The molecule has 0 saturated heterocycles. The van der Waals surface area contributed by atoms with Crippen molar-refractivity contribution in [3.63, 3.8) is 0 Å². The Morgan fingerprint density at radius 3 is 2.13 bits per heavy atom. The lowest BCUT2D eigenvalue weighted by Gasteiger charge is -2.24. The summed E-state index contributed by atoms with van der Waals surface area (Å²) in [6, 6.07) is 10.2. The highest BCUT2D eigenvalue weighted by atomic mass is 35.5. The Hall–Kier alpha value is -2.90. The molecular weight excluding hydrogens is 523 g/mol. The second-order valence-electron chi connectivity index (χ2n) is 9.38. The molecule has 0 radical (unpaired) electrons. The van der Waals surface area contributed by atoms with Gasteiger partial charge in [-0.1, -0.05) is 100 Å². The van der Waals surface area contributed by atoms with Crippen molar-refractivity contribution in [1.82, 2.24) is 0 Å². The first-order valence-electron chi connectivity index (χ1n) is 13.3. The third-order valence-corrected chi connectivity index (χ3v) is 6.96. The second-order valence-corrected chi connectivity index (χ2v) is 10.2. The van der Waals surface area contributed by atoms with E-state index < -0.39 is 11.9 Å². The molecule has 1 aliphatic rings. The van der Waals surface area contributed by atoms with Crippen LogP contribution in [0.15, 0.2) is 58.5 Å². The number of nitrogens with one attached hydrogen (secondary N) is 1. The van der Waals surface area contributed by atoms with E-state index in [1.807, 2.05) is 18.2 Å². The Morgan fingerprint density at radius 1 is 0.921 bits per heavy atom. The van der Waals surface area contributed by atoms with Gasteiger partial charge in [0.15, 0.2) is 5.82 Å². The number of rotatable bonds is 15. The SMILES string of the molecule is CCCCCCCCCCCCc1cccc(NC(=O)N(C2=CC(=O)N=N2)c2c(Cl)cc(OC)cc2Cl)c1. The lowest BCUT2D eigenvalue weighted by atomic mass is 10.0. The van der Waals surface area contributed by atoms with Crippen molar-refractivity contribution in [1.29, 1.82) is 0 Å². The minimum absolute atomic E-state index is 0.0167. The third kappa shape index (κ3) is 8.84. The fourth-order valence-corrected chi connectivity index (χ4v) is 5.01. The first kappa shape index (κ1) is 29.7. The number of anilines is 2. The smallest absolute Gasteiger partial charge is 0.332 e. The van der Waals surface area contributed by atoms with Crippen LogP contribution in [0.3, 0.4) is 0 Å². The van der Waals surface area contributed by atoms with E-state index in [1.165, 1.54) is 77.0 Å². The number of benzene rings is 2. The number of carbonyl (C=O) groups excluding carboxylic acids is 2. The summed E-state index contributed by atoms with van der Waals surface area (Å²) in [5.74, 6) is -0.123. The van der Waals surface area contributed by atoms with Gasteiger partial charge < -0.3 is 10.1 Å². The van der Waals surface area contributed by atoms with E-state index >= 15 is 0 Å². The topological polar surface area (TPSA) is 83.4 Å². The van der Waals surface area contributed by atoms with Crippen LogP contribution in [-0.4, -0.2) is 19.0 Å². The monoisotopic (exact) mass is 558 g/mol. The second kappa shape index (κ2) is 15.5. The van der Waals surface area contributed by atoms with E-state index in [2.05, 4.69) is 28.5 Å². The van der Waals surface area contributed by atoms with E-state index in [9.17, 15) is 9.59 Å². The van der Waals surface area contributed by atoms with Gasteiger partial charge in [-0.3, -0.25) is 4.79 Å². The summed E-state index contributed by atoms with van der Waals surface area (Å²) in [5, 5.41) is 10.5. The lowest BCUT2D eigenvalue weighted by molar-refractivity contribution is -0.113. The predicted octanol–water partition coefficient (Wildman–Crippen LogP) is 9.34. The van der Waals surface area contributed by atoms with E-state index in [1.54, 1.807) is 0 Å². The van der Waals surface area contributed by atoms with Crippen LogP contribution in [0.5, 0.6) is 5.75 Å². The quantitative estimate of drug-likeness (QED) is 0.221. The van der Waals surface area contributed by atoms with Gasteiger partial charge >= 0.3 is 6.03 Å². The van der Waals surface area contributed by atoms with Crippen LogP contribution in [0.2, 0.25) is 10.0 Å². The molecule has 0 aliphatic carbocycles. The molecule has 0 saturated carbocycles. The zero-order chi connectivity index (χ0) is 27.3. The fraction of sp³-hybridized carbons (Fsp3) is 0.448. The standard InChI is InChI=1S/C29H36Cl2N4O3/c1-3-4-5-6-7-8-9-10-11-12-14-21-15-13-16-22(17-21)32-29(37)35(26-20-27(36)34-33-26)28-24(30)18-23(38-2)19-25(28)31/h13,15-20H,3-12,14H2,1-2H3,(H,32,37). The van der Waals surface area contributed by atoms with Gasteiger partial charge in [0.25, 0.3) is 5.91 Å². The Labute approximate surface area is 235 Å². The molecule has 0 bridgehead atoms. The van der Waals surface area contributed by atoms with Crippen LogP contribution in [0.1, 0.15) is 76.7 Å². The average Bonchev–Trinajstić information content (AvgIpc) is 3.32. The number of azo groups is 1. The highest BCUT2D eigenvalue weighted by molar-refractivity contribution is 6.40. The Bertz CT molecular complexity index is 1140. The number of amides is 3. The molecule has 204 valence electrons. The van der Waals surface area contributed by atoms with Gasteiger partial charge in [-0.05, 0) is 30.5 Å². The summed E-state index contributed by atoms with van der Waals surface area (Å²) in [5.41, 5.74) is 1.93. The van der Waals surface area contributed by atoms with Gasteiger partial charge in [0.2, 0.25) is 0 Å². The zero-order valence-corrected chi connectivity index (χ0v) is 23.7. The molecule has 0 aromatic heterocycles. The molecule has 38 heavy (non-hydrogen) atoms. The summed E-state index contributed by atoms with van der Waals surface area (Å²) >= 11 is 12.9. The van der Waals surface area contributed by atoms with E-state index in [0.29, 0.717) is 11.4 Å². The van der Waals surface area contributed by atoms with Crippen LogP contribution in [-0.2, 0) is 11.2 Å². The number of nitrogens with zero attached hydrogens (tertiary/aromatic N) is 3. The van der Waals surface area contributed by atoms with Gasteiger partial charge in [0.1, 0.15) is 5.75 Å². The molecule has 0 atom stereocenters. The zero-order valence-electron chi connectivity index (χ0n) is 22.1. The predicted molar refractivity (Wildman–Crippen MR) is 154 cm³/mol. The van der Waals surface area contributed by atoms with Crippen LogP contribution in [0.25, 0.3) is 0 Å². The number of hydrogen-bond acceptors (Lipinski definition) is 4. The number of halogens is 2. The molecule has 0 fully saturated rings. The van der Waals surface area contributed by atoms with Crippen molar-refractivity contribution in [3.8, 4) is 5.75 Å². The van der Waals surface area contributed by atoms with Gasteiger partial charge in [-0.15, -0.1) is 10.2 Å². The number of ether oxygens (including phenoxy) is 1. The fourth-order valence-electron chi connectivity index (χ4n) is 4.37. The number of carbonyl (C=O) groups is 2. The normalized spacial score (nSPS) is 12.5. The summed E-state index contributed by atoms with van der Waals surface area (Å²) < 4.78 is 5.20. The molecule has 3 rings (SSSR count). The molecule has 1 aliphatic heterocycles. The number of urea groups is 1. The van der Waals surface area contributed by atoms with Crippen LogP contribution >= 0.6 is 23.2 Å². The van der Waals surface area contributed by atoms with E-state index in [-0.39, 0.29) is 21.6 Å². The maximum atomic E-state index is 13.4. The maximum Gasteiger partial charge on any atom is 0.332 e. The summed E-state index contributed by atoms with van der Waals surface area (Å²) in [4.78, 5) is 26.3. The Balaban J connectivity index is 1.60. The van der Waals surface area contributed by atoms with Crippen molar-refractivity contribution in [2.75, 3.05) is 17.3 Å². The van der Waals surface area contributed by atoms with Crippen LogP contribution in [0, 0.1) is 0 Å². The van der Waals surface area contributed by atoms with E-state index in [4.69, 9.17) is 27.9 Å². The van der Waals surface area contributed by atoms with Crippen molar-refractivity contribution in [3.05, 3.63) is 63.9 Å². The summed E-state index contributed by atoms with van der Waals surface area (Å²) in [6.07, 6.45) is 15.0. The molecule has 7 nitrogen and oxygen atoms in total. The van der Waals surface area contributed by atoms with Crippen molar-refractivity contribution in [2.24, 2.45) is 10.2 Å². The average molecular weight is 560 g/mol. The van der Waals surface area contributed by atoms with E-state index in [0.717, 1.165) is 29.4 Å². The highest BCUT2D eigenvalue weighted by Gasteiger charge is 2.29. The summed E-state index contributed by atoms with van der Waals surface area (Å²) in [6.45, 7) is 2.25. The molecule has 2 aromatic carbocycles. The third-order valence-electron chi connectivity index (χ3n) is 6.38. The first-order valence-corrected chi connectivity index (χ1v) is 14.1. The van der Waals surface area contributed by atoms with Crippen molar-refractivity contribution < 1.29 is 14.3 Å². The molecule has 1 heterocycles. The molecule has 9 heteroatoms. The molecule has 0 spiro atoms. The number of aryl methyl sites for hydroxylation is 1. The van der Waals surface area contributed by atoms with Crippen LogP contribution < -0.4 is 15.0 Å². The lowest BCUT2D eigenvalue weighted by Crippen LogP contribution is -2.34. The molecule has 2 aromatic rings. The molecule has 0 unspecified atom stereocenters. The highest BCUT2D eigenvalue weighted by Crippen LogP contribution is 2.40. The molecule has 1 N–H and O–H groups in total. The molecule has 3 amide bonds. The van der Waals surface area contributed by atoms with Crippen molar-refractivity contribution in [2.45, 2.75) is 77.6 Å². The molecular formula is C29H36Cl2N4O3. The number of unbranched alkanes of at least 4 members (excludes halogenated alkanes) is 9. The number of methoxy groups -OCH3 is 1. The Kier molecular flexibility index (Phi) is 12.1. The minimum Gasteiger partial charge on any atom is -0.497 e. The van der Waals surface area contributed by atoms with Crippen molar-refractivity contribution >= 4 is 46.5 Å². The number of hydrogen-bond donors (Lipinski definition) is 1. The Morgan fingerprint density at radius 2 is 1.55 bits per heavy atom. The first-order chi connectivity index (χ1) is 18.4. The maximum absolute atomic E-state index is 13.4. The minimum atomic E-state index is -0.574. The largest absolute Gasteiger partial charge is 0.497 e. The van der Waals surface area contributed by atoms with Gasteiger partial charge in [0.05, 0.1) is 28.9 Å². The van der Waals surface area contributed by atoms with Crippen LogP contribution in [0.4, 0.5) is 16.2 Å².